The number of nitrogens with zero attached hydrogens (tertiary/aromatic N) is 3. The van der Waals surface area contributed by atoms with Crippen molar-refractivity contribution in [2.45, 2.75) is 39.0 Å². The van der Waals surface area contributed by atoms with Crippen LogP contribution >= 0.6 is 0 Å². The minimum atomic E-state index is -0.252. The fourth-order valence-electron chi connectivity index (χ4n) is 7.41. The van der Waals surface area contributed by atoms with E-state index in [2.05, 4.69) is 166 Å². The average molecular weight is 640 g/mol. The third kappa shape index (κ3) is 5.28. The Labute approximate surface area is 289 Å². The summed E-state index contributed by atoms with van der Waals surface area (Å²) in [5.41, 5.74) is 14.8. The van der Waals surface area contributed by atoms with Gasteiger partial charge >= 0.3 is 0 Å². The van der Waals surface area contributed by atoms with Gasteiger partial charge in [0.1, 0.15) is 17.3 Å². The highest BCUT2D eigenvalue weighted by molar-refractivity contribution is 5.81. The maximum Gasteiger partial charge on any atom is 0.140 e. The summed E-state index contributed by atoms with van der Waals surface area (Å²) in [5, 5.41) is 0. The lowest BCUT2D eigenvalue weighted by Gasteiger charge is -2.35. The fourth-order valence-corrected chi connectivity index (χ4v) is 7.41. The summed E-state index contributed by atoms with van der Waals surface area (Å²) in [6, 6.07) is 38.9. The molecule has 49 heavy (non-hydrogen) atoms. The van der Waals surface area contributed by atoms with E-state index in [0.717, 1.165) is 58.0 Å². The number of aromatic nitrogens is 2. The lowest BCUT2D eigenvalue weighted by Crippen LogP contribution is -2.24. The quantitative estimate of drug-likeness (QED) is 0.182. The number of ether oxygens (including phenoxy) is 1. The van der Waals surface area contributed by atoms with Gasteiger partial charge in [-0.15, -0.1) is 0 Å². The third-order valence-electron chi connectivity index (χ3n) is 10.5. The average Bonchev–Trinajstić information content (AvgIpc) is 3.47. The molecule has 1 aromatic heterocycles. The highest BCUT2D eigenvalue weighted by atomic mass is 16.5. The van der Waals surface area contributed by atoms with Crippen LogP contribution in [0.25, 0.3) is 50.4 Å². The van der Waals surface area contributed by atoms with Crippen LogP contribution in [0.3, 0.4) is 0 Å². The van der Waals surface area contributed by atoms with Gasteiger partial charge in [-0.1, -0.05) is 99.3 Å². The first-order valence-corrected chi connectivity index (χ1v) is 17.1. The number of likely N-dealkylation sites (N-methyl/N-ethyl adjacent to an activating group) is 1. The second kappa shape index (κ2) is 11.8. The Morgan fingerprint density at radius 2 is 1.35 bits per heavy atom. The van der Waals surface area contributed by atoms with Crippen molar-refractivity contribution in [2.24, 2.45) is 7.05 Å². The zero-order valence-electron chi connectivity index (χ0n) is 28.9. The van der Waals surface area contributed by atoms with Gasteiger partial charge in [0.05, 0.1) is 11.0 Å². The summed E-state index contributed by atoms with van der Waals surface area (Å²) in [7, 11) is 4.19. The van der Waals surface area contributed by atoms with Crippen LogP contribution in [0.15, 0.2) is 139 Å². The van der Waals surface area contributed by atoms with Crippen molar-refractivity contribution in [3.05, 3.63) is 156 Å². The highest BCUT2D eigenvalue weighted by Crippen LogP contribution is 2.50. The lowest BCUT2D eigenvalue weighted by atomic mass is 9.74. The summed E-state index contributed by atoms with van der Waals surface area (Å²) < 4.78 is 8.68. The van der Waals surface area contributed by atoms with Crippen molar-refractivity contribution in [1.82, 2.24) is 14.5 Å². The minimum Gasteiger partial charge on any atom is -0.457 e. The molecular weight excluding hydrogens is 599 g/mol. The molecule has 5 aromatic carbocycles. The Morgan fingerprint density at radius 3 is 1.96 bits per heavy atom. The molecular formula is C45H41N3O. The molecule has 0 atom stereocenters. The van der Waals surface area contributed by atoms with Crippen LogP contribution in [0, 0.1) is 0 Å². The summed E-state index contributed by atoms with van der Waals surface area (Å²) in [6.45, 7) is 11.2. The monoisotopic (exact) mass is 639 g/mol. The van der Waals surface area contributed by atoms with Crippen molar-refractivity contribution in [2.75, 3.05) is 7.05 Å². The first kappa shape index (κ1) is 30.7. The molecule has 0 bridgehead atoms. The zero-order chi connectivity index (χ0) is 33.9. The van der Waals surface area contributed by atoms with E-state index in [4.69, 9.17) is 9.72 Å². The molecule has 0 spiro atoms. The van der Waals surface area contributed by atoms with Crippen LogP contribution in [-0.2, 0) is 12.5 Å². The van der Waals surface area contributed by atoms with Gasteiger partial charge in [0, 0.05) is 47.6 Å². The summed E-state index contributed by atoms with van der Waals surface area (Å²) in [6.07, 6.45) is 6.68. The molecule has 0 N–H and O–H groups in total. The third-order valence-corrected chi connectivity index (χ3v) is 10.5. The van der Waals surface area contributed by atoms with Gasteiger partial charge in [0.25, 0.3) is 0 Å². The number of para-hydroxylation sites is 2. The molecule has 0 saturated heterocycles. The van der Waals surface area contributed by atoms with Crippen LogP contribution in [-0.4, -0.2) is 21.5 Å². The molecule has 6 aromatic rings. The Kier molecular flexibility index (Phi) is 7.41. The largest absolute Gasteiger partial charge is 0.457 e. The second-order valence-corrected chi connectivity index (χ2v) is 13.9. The summed E-state index contributed by atoms with van der Waals surface area (Å²) in [5.74, 6) is 2.80. The first-order chi connectivity index (χ1) is 23.7. The van der Waals surface area contributed by atoms with Crippen LogP contribution in [0.5, 0.6) is 11.5 Å². The van der Waals surface area contributed by atoms with Gasteiger partial charge in [-0.2, -0.15) is 0 Å². The first-order valence-electron chi connectivity index (χ1n) is 17.1. The Hall–Kier alpha value is -5.61. The molecule has 1 aliphatic heterocycles. The molecule has 8 rings (SSSR count). The molecule has 0 unspecified atom stereocenters. The second-order valence-electron chi connectivity index (χ2n) is 13.9. The molecule has 1 aliphatic carbocycles. The highest BCUT2D eigenvalue weighted by Gasteiger charge is 2.35. The van der Waals surface area contributed by atoms with Gasteiger partial charge < -0.3 is 14.2 Å². The van der Waals surface area contributed by atoms with Crippen molar-refractivity contribution >= 4 is 16.7 Å². The number of imidazole rings is 1. The van der Waals surface area contributed by atoms with E-state index >= 15 is 0 Å². The van der Waals surface area contributed by atoms with Crippen LogP contribution in [0.2, 0.25) is 0 Å². The predicted molar refractivity (Wildman–Crippen MR) is 204 cm³/mol. The van der Waals surface area contributed by atoms with Crippen LogP contribution in [0.1, 0.15) is 50.3 Å². The molecule has 2 heterocycles. The molecule has 0 amide bonds. The zero-order valence-corrected chi connectivity index (χ0v) is 28.9. The number of hydrogen-bond donors (Lipinski definition) is 0. The Balaban J connectivity index is 1.06. The number of allylic oxidation sites excluding steroid dienone is 3. The number of aryl methyl sites for hydroxylation is 1. The molecule has 4 nitrogen and oxygen atoms in total. The van der Waals surface area contributed by atoms with E-state index in [1.54, 1.807) is 0 Å². The molecule has 0 saturated carbocycles. The SMILES string of the molecule is C=C(c1ccc(-c2ccc3c(c2)C(C)(C)c2cc(-c4ccc(-c5nc6ccccc6n5C)cc4)ccc2O3)cc1)N(C)C1=C(C)CCC=C1. The van der Waals surface area contributed by atoms with Gasteiger partial charge in [-0.3, -0.25) is 0 Å². The van der Waals surface area contributed by atoms with E-state index in [9.17, 15) is 0 Å². The fraction of sp³-hybridized carbons (Fsp3) is 0.178. The smallest absolute Gasteiger partial charge is 0.140 e. The van der Waals surface area contributed by atoms with Crippen molar-refractivity contribution in [3.63, 3.8) is 0 Å². The summed E-state index contributed by atoms with van der Waals surface area (Å²) >= 11 is 0. The maximum atomic E-state index is 6.52. The number of hydrogen-bond acceptors (Lipinski definition) is 3. The van der Waals surface area contributed by atoms with Gasteiger partial charge in [-0.05, 0) is 95.6 Å². The minimum absolute atomic E-state index is 0.252. The van der Waals surface area contributed by atoms with Crippen LogP contribution in [0.4, 0.5) is 0 Å². The van der Waals surface area contributed by atoms with E-state index in [-0.39, 0.29) is 5.41 Å². The number of fused-ring (bicyclic) bond motifs is 3. The Morgan fingerprint density at radius 1 is 0.776 bits per heavy atom. The van der Waals surface area contributed by atoms with E-state index in [0.29, 0.717) is 0 Å². The van der Waals surface area contributed by atoms with Gasteiger partial charge in [0.15, 0.2) is 0 Å². The Bertz CT molecular complexity index is 2320. The van der Waals surface area contributed by atoms with E-state index < -0.39 is 0 Å². The lowest BCUT2D eigenvalue weighted by molar-refractivity contribution is 0.418. The standard InChI is InChI=1S/C45H41N3O/c1-29-11-7-9-13-40(29)47(5)30(2)31-15-17-32(18-16-31)35-23-25-42-37(27-35)45(3,4)38-28-36(24-26-43(38)49-42)33-19-21-34(22-20-33)44-46-39-12-8-10-14-41(39)48(44)6/h8-10,12-28H,2,7,11H2,1,3-6H3. The maximum absolute atomic E-state index is 6.52. The van der Waals surface area contributed by atoms with Crippen molar-refractivity contribution in [3.8, 4) is 45.1 Å². The number of benzene rings is 5. The predicted octanol–water partition coefficient (Wildman–Crippen LogP) is 11.5. The van der Waals surface area contributed by atoms with Gasteiger partial charge in [-0.25, -0.2) is 4.98 Å². The van der Waals surface area contributed by atoms with Crippen LogP contribution < -0.4 is 4.74 Å². The van der Waals surface area contributed by atoms with Gasteiger partial charge in [0.2, 0.25) is 0 Å². The van der Waals surface area contributed by atoms with Crippen molar-refractivity contribution in [1.29, 1.82) is 0 Å². The molecule has 4 heteroatoms. The number of rotatable bonds is 6. The van der Waals surface area contributed by atoms with E-state index in [1.807, 2.05) is 6.07 Å². The van der Waals surface area contributed by atoms with E-state index in [1.165, 1.54) is 44.7 Å². The van der Waals surface area contributed by atoms with Crippen molar-refractivity contribution < 1.29 is 4.74 Å². The normalized spacial score (nSPS) is 14.7. The molecule has 2 aliphatic rings. The topological polar surface area (TPSA) is 30.3 Å². The molecule has 242 valence electrons. The molecule has 0 radical (unpaired) electrons. The summed E-state index contributed by atoms with van der Waals surface area (Å²) in [4.78, 5) is 7.10. The molecule has 0 fully saturated rings.